The molecule has 0 amide bonds. The molecule has 0 unspecified atom stereocenters. The van der Waals surface area contributed by atoms with Crippen molar-refractivity contribution in [3.63, 3.8) is 0 Å². The van der Waals surface area contributed by atoms with E-state index in [4.69, 9.17) is 34.8 Å². The number of ketones is 2. The summed E-state index contributed by atoms with van der Waals surface area (Å²) in [4.78, 5) is 21.1. The average Bonchev–Trinajstić information content (AvgIpc) is 2.23. The number of hydrogen-bond acceptors (Lipinski definition) is 2. The molecular weight excluding hydrogens is 234 g/mol. The maximum absolute atomic E-state index is 11.4. The third-order valence-electron chi connectivity index (χ3n) is 1.74. The fourth-order valence-electron chi connectivity index (χ4n) is 1.03. The van der Waals surface area contributed by atoms with Crippen LogP contribution >= 0.6 is 34.8 Å². The van der Waals surface area contributed by atoms with Crippen molar-refractivity contribution in [2.45, 2.75) is 11.3 Å². The second kappa shape index (κ2) is 3.45. The number of alkyl halides is 1. The molecule has 1 aliphatic rings. The number of Topliss-reactive ketones (excluding diaryl/α,β-unsaturated/α-hetero) is 2. The van der Waals surface area contributed by atoms with E-state index in [0.29, 0.717) is 0 Å². The van der Waals surface area contributed by atoms with Crippen molar-refractivity contribution >= 4 is 46.4 Å². The minimum Gasteiger partial charge on any atom is -0.291 e. The molecule has 0 N–H and O–H groups in total. The van der Waals surface area contributed by atoms with Crippen molar-refractivity contribution in [1.29, 1.82) is 0 Å². The van der Waals surface area contributed by atoms with E-state index in [9.17, 15) is 9.59 Å². The number of hydrogen-bond donors (Lipinski definition) is 0. The van der Waals surface area contributed by atoms with Crippen LogP contribution in [0.2, 0.25) is 0 Å². The average molecular weight is 239 g/mol. The van der Waals surface area contributed by atoms with E-state index in [-0.39, 0.29) is 16.5 Å². The van der Waals surface area contributed by atoms with Gasteiger partial charge in [0.1, 0.15) is 10.1 Å². The molecule has 0 aromatic carbocycles. The largest absolute Gasteiger partial charge is 0.291 e. The molecule has 0 heterocycles. The Bertz CT molecular complexity index is 306. The Morgan fingerprint density at radius 1 is 1.23 bits per heavy atom. The smallest absolute Gasteiger partial charge is 0.204 e. The highest BCUT2D eigenvalue weighted by atomic mass is 35.5. The summed E-state index contributed by atoms with van der Waals surface area (Å²) in [7, 11) is 0. The van der Waals surface area contributed by atoms with Crippen LogP contribution in [0.4, 0.5) is 0 Å². The lowest BCUT2D eigenvalue weighted by Gasteiger charge is -2.14. The number of rotatable bonds is 2. The highest BCUT2D eigenvalue weighted by molar-refractivity contribution is 6.69. The molecule has 0 atom stereocenters. The summed E-state index contributed by atoms with van der Waals surface area (Å²) in [6, 6.07) is 0. The lowest BCUT2D eigenvalue weighted by molar-refractivity contribution is -0.124. The second-order valence-electron chi connectivity index (χ2n) is 2.58. The Kier molecular flexibility index (Phi) is 2.85. The fourth-order valence-corrected chi connectivity index (χ4v) is 1.92. The van der Waals surface area contributed by atoms with Crippen molar-refractivity contribution in [1.82, 2.24) is 0 Å². The lowest BCUT2D eigenvalue weighted by Crippen LogP contribution is -2.35. The van der Waals surface area contributed by atoms with Crippen LogP contribution in [0.15, 0.2) is 22.7 Å². The summed E-state index contributed by atoms with van der Waals surface area (Å²) in [5.74, 6) is -1.29. The second-order valence-corrected chi connectivity index (χ2v) is 3.98. The van der Waals surface area contributed by atoms with Gasteiger partial charge < -0.3 is 0 Å². The van der Waals surface area contributed by atoms with Gasteiger partial charge in [-0.25, -0.2) is 0 Å². The normalized spacial score (nSPS) is 21.2. The number of allylic oxidation sites excluding steroid dienone is 3. The van der Waals surface area contributed by atoms with Crippen molar-refractivity contribution in [3.05, 3.63) is 22.7 Å². The van der Waals surface area contributed by atoms with Crippen LogP contribution in [0.5, 0.6) is 0 Å². The van der Waals surface area contributed by atoms with E-state index in [1.807, 2.05) is 0 Å². The molecule has 0 saturated heterocycles. The Morgan fingerprint density at radius 3 is 1.92 bits per heavy atom. The number of halogens is 3. The van der Waals surface area contributed by atoms with Gasteiger partial charge in [0, 0.05) is 0 Å². The Hall–Kier alpha value is -0.310. The van der Waals surface area contributed by atoms with Crippen LogP contribution in [0, 0.1) is 0 Å². The molecule has 0 radical (unpaired) electrons. The van der Waals surface area contributed by atoms with Gasteiger partial charge in [-0.3, -0.25) is 9.59 Å². The van der Waals surface area contributed by atoms with Crippen molar-refractivity contribution in [2.75, 3.05) is 0 Å². The summed E-state index contributed by atoms with van der Waals surface area (Å²) in [6.45, 7) is 3.39. The molecule has 1 aliphatic carbocycles. The van der Waals surface area contributed by atoms with Crippen molar-refractivity contribution < 1.29 is 9.59 Å². The van der Waals surface area contributed by atoms with Crippen LogP contribution in [0.1, 0.15) is 6.42 Å². The minimum atomic E-state index is -1.66. The first-order chi connectivity index (χ1) is 5.95. The number of carbonyl (C=O) groups is 2. The Balaban J connectivity index is 3.16. The highest BCUT2D eigenvalue weighted by Gasteiger charge is 2.51. The molecule has 0 bridgehead atoms. The summed E-state index contributed by atoms with van der Waals surface area (Å²) in [6.07, 6.45) is 1.40. The van der Waals surface area contributed by atoms with Gasteiger partial charge in [-0.05, 0) is 6.42 Å². The van der Waals surface area contributed by atoms with Crippen LogP contribution < -0.4 is 0 Å². The molecule has 0 saturated carbocycles. The summed E-state index contributed by atoms with van der Waals surface area (Å²) in [5.41, 5.74) is 0. The minimum absolute atomic E-state index is 0.0265. The fraction of sp³-hybridized carbons (Fsp3) is 0.250. The highest BCUT2D eigenvalue weighted by Crippen LogP contribution is 2.39. The Morgan fingerprint density at radius 2 is 1.62 bits per heavy atom. The molecule has 13 heavy (non-hydrogen) atoms. The third-order valence-corrected chi connectivity index (χ3v) is 3.05. The van der Waals surface area contributed by atoms with Gasteiger partial charge >= 0.3 is 0 Å². The van der Waals surface area contributed by atoms with Gasteiger partial charge in [0.05, 0.1) is 0 Å². The van der Waals surface area contributed by atoms with Gasteiger partial charge in [-0.2, -0.15) is 0 Å². The van der Waals surface area contributed by atoms with Gasteiger partial charge in [-0.1, -0.05) is 29.3 Å². The zero-order valence-electron chi connectivity index (χ0n) is 6.44. The maximum Gasteiger partial charge on any atom is 0.204 e. The van der Waals surface area contributed by atoms with E-state index in [2.05, 4.69) is 6.58 Å². The van der Waals surface area contributed by atoms with E-state index >= 15 is 0 Å². The maximum atomic E-state index is 11.4. The first-order valence-corrected chi connectivity index (χ1v) is 4.53. The van der Waals surface area contributed by atoms with Crippen molar-refractivity contribution in [3.8, 4) is 0 Å². The molecule has 0 aromatic rings. The molecular formula is C8H5Cl3O2. The SMILES string of the molecule is C=CCC1(Cl)C(=O)C(Cl)=C(Cl)C1=O. The van der Waals surface area contributed by atoms with E-state index in [1.165, 1.54) is 6.08 Å². The van der Waals surface area contributed by atoms with E-state index < -0.39 is 16.4 Å². The van der Waals surface area contributed by atoms with Crippen molar-refractivity contribution in [2.24, 2.45) is 0 Å². The zero-order valence-corrected chi connectivity index (χ0v) is 8.71. The topological polar surface area (TPSA) is 34.1 Å². The van der Waals surface area contributed by atoms with E-state index in [0.717, 1.165) is 0 Å². The third kappa shape index (κ3) is 1.43. The predicted octanol–water partition coefficient (Wildman–Crippen LogP) is 2.38. The molecule has 2 nitrogen and oxygen atoms in total. The molecule has 1 rings (SSSR count). The van der Waals surface area contributed by atoms with Crippen LogP contribution in [0.25, 0.3) is 0 Å². The van der Waals surface area contributed by atoms with E-state index in [1.54, 1.807) is 0 Å². The molecule has 70 valence electrons. The molecule has 5 heteroatoms. The molecule has 0 aliphatic heterocycles. The van der Waals surface area contributed by atoms with Crippen LogP contribution in [-0.4, -0.2) is 16.4 Å². The summed E-state index contributed by atoms with van der Waals surface area (Å²) in [5, 5.41) is -0.577. The first kappa shape index (κ1) is 10.8. The summed E-state index contributed by atoms with van der Waals surface area (Å²) < 4.78 is 0. The molecule has 0 fully saturated rings. The first-order valence-electron chi connectivity index (χ1n) is 3.40. The van der Waals surface area contributed by atoms with Crippen LogP contribution in [0.3, 0.4) is 0 Å². The molecule has 0 spiro atoms. The van der Waals surface area contributed by atoms with Gasteiger partial charge in [0.15, 0.2) is 4.87 Å². The summed E-state index contributed by atoms with van der Waals surface area (Å²) >= 11 is 16.8. The Labute approximate surface area is 90.1 Å². The van der Waals surface area contributed by atoms with Gasteiger partial charge in [-0.15, -0.1) is 18.2 Å². The van der Waals surface area contributed by atoms with Gasteiger partial charge in [0.2, 0.25) is 11.6 Å². The van der Waals surface area contributed by atoms with Gasteiger partial charge in [0.25, 0.3) is 0 Å². The quantitative estimate of drug-likeness (QED) is 0.421. The predicted molar refractivity (Wildman–Crippen MR) is 52.1 cm³/mol. The zero-order chi connectivity index (χ0) is 10.2. The lowest BCUT2D eigenvalue weighted by atomic mass is 10.00. The molecule has 0 aromatic heterocycles. The standard InChI is InChI=1S/C8H5Cl3O2/c1-2-3-8(11)6(12)4(9)5(10)7(8)13/h2H,1,3H2. The monoisotopic (exact) mass is 238 g/mol. The number of carbonyl (C=O) groups excluding carboxylic acids is 2. The van der Waals surface area contributed by atoms with Crippen LogP contribution in [-0.2, 0) is 9.59 Å².